The summed E-state index contributed by atoms with van der Waals surface area (Å²) in [7, 11) is 0. The largest absolute Gasteiger partial charge is 0.494 e. The minimum absolute atomic E-state index is 0.131. The van der Waals surface area contributed by atoms with E-state index in [1.807, 2.05) is 49.4 Å². The molecule has 0 amide bonds. The Balaban J connectivity index is 1.79. The molecule has 0 fully saturated rings. The molecule has 0 aliphatic heterocycles. The lowest BCUT2D eigenvalue weighted by Gasteiger charge is -2.01. The van der Waals surface area contributed by atoms with E-state index in [4.69, 9.17) is 16.3 Å². The average molecular weight is 384 g/mol. The van der Waals surface area contributed by atoms with Gasteiger partial charge in [0.2, 0.25) is 4.96 Å². The zero-order chi connectivity index (χ0) is 18.1. The molecule has 0 bridgehead atoms. The average Bonchev–Trinajstić information content (AvgIpc) is 3.19. The third-order valence-corrected chi connectivity index (χ3v) is 5.05. The highest BCUT2D eigenvalue weighted by atomic mass is 35.5. The van der Waals surface area contributed by atoms with Crippen LogP contribution < -0.4 is 14.8 Å². The first-order chi connectivity index (χ1) is 12.7. The quantitative estimate of drug-likeness (QED) is 0.542. The molecule has 7 heteroatoms. The van der Waals surface area contributed by atoms with Crippen LogP contribution in [-0.4, -0.2) is 21.2 Å². The van der Waals surface area contributed by atoms with Crippen molar-refractivity contribution in [2.24, 2.45) is 0 Å². The van der Waals surface area contributed by atoms with Crippen LogP contribution in [0.4, 0.5) is 0 Å². The van der Waals surface area contributed by atoms with Crippen LogP contribution in [0.5, 0.6) is 5.75 Å². The van der Waals surface area contributed by atoms with Gasteiger partial charge in [-0.3, -0.25) is 4.79 Å². The van der Waals surface area contributed by atoms with Crippen molar-refractivity contribution in [3.63, 3.8) is 0 Å². The molecule has 4 aromatic rings. The number of fused-ring (bicyclic) bond motifs is 1. The van der Waals surface area contributed by atoms with E-state index in [1.165, 1.54) is 15.7 Å². The predicted octanol–water partition coefficient (Wildman–Crippen LogP) is 3.42. The Morgan fingerprint density at radius 2 is 1.85 bits per heavy atom. The highest BCUT2D eigenvalue weighted by Crippen LogP contribution is 2.20. The summed E-state index contributed by atoms with van der Waals surface area (Å²) in [5.74, 6) is 1.33. The highest BCUT2D eigenvalue weighted by molar-refractivity contribution is 7.15. The van der Waals surface area contributed by atoms with E-state index >= 15 is 0 Å². The standard InChI is InChI=1S/C19H14ClN3O2S/c1-2-25-15-9-3-12(4-10-15)11-16-18(24)23-17(21-22-19(23)26-16)13-5-7-14(20)8-6-13/h3-11H,2H2,1H3/b16-11-. The van der Waals surface area contributed by atoms with E-state index < -0.39 is 0 Å². The number of thiazole rings is 1. The molecule has 26 heavy (non-hydrogen) atoms. The Hall–Kier alpha value is -2.70. The van der Waals surface area contributed by atoms with Crippen LogP contribution in [0.2, 0.25) is 5.02 Å². The molecule has 5 nitrogen and oxygen atoms in total. The second-order valence-corrected chi connectivity index (χ2v) is 7.01. The van der Waals surface area contributed by atoms with Gasteiger partial charge in [0.25, 0.3) is 5.56 Å². The summed E-state index contributed by atoms with van der Waals surface area (Å²) in [5, 5.41) is 8.91. The number of hydrogen-bond acceptors (Lipinski definition) is 5. The molecule has 2 aromatic heterocycles. The van der Waals surface area contributed by atoms with Crippen LogP contribution in [0.15, 0.2) is 53.3 Å². The monoisotopic (exact) mass is 383 g/mol. The van der Waals surface area contributed by atoms with Gasteiger partial charge in [0.1, 0.15) is 5.75 Å². The van der Waals surface area contributed by atoms with Gasteiger partial charge < -0.3 is 4.74 Å². The van der Waals surface area contributed by atoms with Gasteiger partial charge in [0.15, 0.2) is 5.82 Å². The lowest BCUT2D eigenvalue weighted by atomic mass is 10.2. The van der Waals surface area contributed by atoms with Crippen molar-refractivity contribution in [3.05, 3.63) is 74.0 Å². The number of benzene rings is 2. The third kappa shape index (κ3) is 3.09. The van der Waals surface area contributed by atoms with Crippen LogP contribution in [-0.2, 0) is 0 Å². The molecular weight excluding hydrogens is 370 g/mol. The second-order valence-electron chi connectivity index (χ2n) is 5.57. The zero-order valence-electron chi connectivity index (χ0n) is 13.8. The minimum Gasteiger partial charge on any atom is -0.494 e. The third-order valence-electron chi connectivity index (χ3n) is 3.84. The van der Waals surface area contributed by atoms with Gasteiger partial charge >= 0.3 is 0 Å². The molecule has 0 aliphatic rings. The molecule has 0 atom stereocenters. The molecule has 130 valence electrons. The van der Waals surface area contributed by atoms with E-state index in [9.17, 15) is 4.79 Å². The van der Waals surface area contributed by atoms with Gasteiger partial charge in [0.05, 0.1) is 11.1 Å². The molecule has 0 unspecified atom stereocenters. The first-order valence-electron chi connectivity index (χ1n) is 8.04. The Morgan fingerprint density at radius 1 is 1.12 bits per heavy atom. The topological polar surface area (TPSA) is 56.5 Å². The van der Waals surface area contributed by atoms with Crippen molar-refractivity contribution in [1.29, 1.82) is 0 Å². The Kier molecular flexibility index (Phi) is 4.44. The Labute approximate surface area is 158 Å². The van der Waals surface area contributed by atoms with Gasteiger partial charge in [-0.1, -0.05) is 35.1 Å². The molecule has 0 aliphatic carbocycles. The summed E-state index contributed by atoms with van der Waals surface area (Å²) in [6.07, 6.45) is 1.85. The van der Waals surface area contributed by atoms with Crippen LogP contribution in [0, 0.1) is 0 Å². The maximum absolute atomic E-state index is 12.8. The Morgan fingerprint density at radius 3 is 2.54 bits per heavy atom. The number of nitrogens with zero attached hydrogens (tertiary/aromatic N) is 3. The second kappa shape index (κ2) is 6.90. The molecule has 0 saturated heterocycles. The number of rotatable bonds is 4. The van der Waals surface area contributed by atoms with Gasteiger partial charge in [-0.05, 0) is 55.0 Å². The molecular formula is C19H14ClN3O2S. The summed E-state index contributed by atoms with van der Waals surface area (Å²) >= 11 is 7.25. The summed E-state index contributed by atoms with van der Waals surface area (Å²) in [5.41, 5.74) is 1.59. The van der Waals surface area contributed by atoms with Crippen molar-refractivity contribution in [2.75, 3.05) is 6.61 Å². The molecule has 0 N–H and O–H groups in total. The Bertz CT molecular complexity index is 1160. The van der Waals surface area contributed by atoms with Crippen molar-refractivity contribution in [3.8, 4) is 17.1 Å². The normalized spacial score (nSPS) is 12.0. The van der Waals surface area contributed by atoms with Gasteiger partial charge in [0, 0.05) is 10.6 Å². The summed E-state index contributed by atoms with van der Waals surface area (Å²) in [4.78, 5) is 13.4. The molecule has 0 spiro atoms. The van der Waals surface area contributed by atoms with Gasteiger partial charge in [-0.15, -0.1) is 10.2 Å². The molecule has 2 aromatic carbocycles. The molecule has 0 saturated carbocycles. The van der Waals surface area contributed by atoms with Gasteiger partial charge in [-0.2, -0.15) is 0 Å². The smallest absolute Gasteiger partial charge is 0.276 e. The minimum atomic E-state index is -0.131. The van der Waals surface area contributed by atoms with Crippen LogP contribution >= 0.6 is 22.9 Å². The van der Waals surface area contributed by atoms with E-state index in [1.54, 1.807) is 12.1 Å². The first kappa shape index (κ1) is 16.8. The number of hydrogen-bond donors (Lipinski definition) is 0. The SMILES string of the molecule is CCOc1ccc(/C=c2\sc3nnc(-c4ccc(Cl)cc4)n3c2=O)cc1. The number of aromatic nitrogens is 3. The van der Waals surface area contributed by atoms with Crippen molar-refractivity contribution < 1.29 is 4.74 Å². The summed E-state index contributed by atoms with van der Waals surface area (Å²) < 4.78 is 7.58. The number of ether oxygens (including phenoxy) is 1. The lowest BCUT2D eigenvalue weighted by Crippen LogP contribution is -2.23. The van der Waals surface area contributed by atoms with Crippen LogP contribution in [0.3, 0.4) is 0 Å². The number of halogens is 1. The first-order valence-corrected chi connectivity index (χ1v) is 9.23. The summed E-state index contributed by atoms with van der Waals surface area (Å²) in [6, 6.07) is 14.8. The fraction of sp³-hybridized carbons (Fsp3) is 0.105. The van der Waals surface area contributed by atoms with E-state index in [-0.39, 0.29) is 5.56 Å². The molecule has 2 heterocycles. The maximum atomic E-state index is 12.8. The van der Waals surface area contributed by atoms with E-state index in [0.717, 1.165) is 16.9 Å². The van der Waals surface area contributed by atoms with Crippen LogP contribution in [0.25, 0.3) is 22.4 Å². The fourth-order valence-corrected chi connectivity index (χ4v) is 3.67. The maximum Gasteiger partial charge on any atom is 0.276 e. The zero-order valence-corrected chi connectivity index (χ0v) is 15.4. The molecule has 4 rings (SSSR count). The highest BCUT2D eigenvalue weighted by Gasteiger charge is 2.14. The van der Waals surface area contributed by atoms with Crippen LogP contribution in [0.1, 0.15) is 12.5 Å². The van der Waals surface area contributed by atoms with E-state index in [0.29, 0.717) is 26.9 Å². The van der Waals surface area contributed by atoms with Crippen molar-refractivity contribution >= 4 is 34.0 Å². The van der Waals surface area contributed by atoms with Crippen molar-refractivity contribution in [2.45, 2.75) is 6.92 Å². The van der Waals surface area contributed by atoms with E-state index in [2.05, 4.69) is 10.2 Å². The molecule has 0 radical (unpaired) electrons. The predicted molar refractivity (Wildman–Crippen MR) is 104 cm³/mol. The lowest BCUT2D eigenvalue weighted by molar-refractivity contribution is 0.340. The van der Waals surface area contributed by atoms with Gasteiger partial charge in [-0.25, -0.2) is 4.40 Å². The van der Waals surface area contributed by atoms with Crippen molar-refractivity contribution in [1.82, 2.24) is 14.6 Å². The fourth-order valence-electron chi connectivity index (χ4n) is 2.63. The summed E-state index contributed by atoms with van der Waals surface area (Å²) in [6.45, 7) is 2.56.